The normalized spacial score (nSPS) is 11.8. The van der Waals surface area contributed by atoms with Crippen molar-refractivity contribution < 1.29 is 0 Å². The summed E-state index contributed by atoms with van der Waals surface area (Å²) in [4.78, 5) is 15.7. The lowest BCUT2D eigenvalue weighted by molar-refractivity contribution is 1.35. The van der Waals surface area contributed by atoms with Crippen LogP contribution in [-0.2, 0) is 0 Å². The van der Waals surface area contributed by atoms with Crippen LogP contribution in [0.4, 0.5) is 0 Å². The minimum absolute atomic E-state index is 1.07. The van der Waals surface area contributed by atoms with E-state index in [1.165, 1.54) is 81.9 Å². The van der Waals surface area contributed by atoms with Crippen LogP contribution >= 0.6 is 47.8 Å². The Bertz CT molecular complexity index is 2350. The molecule has 0 spiro atoms. The molecule has 0 bridgehead atoms. The first-order valence-electron chi connectivity index (χ1n) is 13.3. The lowest BCUT2D eigenvalue weighted by atomic mass is 9.97. The molecule has 0 unspecified atom stereocenters. The highest BCUT2D eigenvalue weighted by Gasteiger charge is 2.16. The molecule has 0 aliphatic heterocycles. The van der Waals surface area contributed by atoms with Crippen LogP contribution in [0.1, 0.15) is 22.3 Å². The molecule has 41 heavy (non-hydrogen) atoms. The molecule has 0 saturated heterocycles. The maximum Gasteiger partial charge on any atom is 0.0610 e. The predicted octanol–water partition coefficient (Wildman–Crippen LogP) is 11.3. The van der Waals surface area contributed by atoms with E-state index in [1.807, 2.05) is 24.8 Å². The van der Waals surface area contributed by atoms with Crippen LogP contribution in [0.2, 0.25) is 0 Å². The number of nitrogens with one attached hydrogen (secondary N) is 2. The molecule has 2 N–H and O–H groups in total. The molecule has 0 amide bonds. The molecule has 4 aromatic heterocycles. The summed E-state index contributed by atoms with van der Waals surface area (Å²) in [5, 5.41) is 10.1. The fraction of sp³-hybridized carbons (Fsp3) is 0.118. The Labute approximate surface area is 262 Å². The van der Waals surface area contributed by atoms with Crippen LogP contribution in [0, 0.1) is 27.7 Å². The third-order valence-electron chi connectivity index (χ3n) is 8.34. The lowest BCUT2D eigenvalue weighted by Crippen LogP contribution is -1.87. The van der Waals surface area contributed by atoms with Crippen molar-refractivity contribution in [3.63, 3.8) is 0 Å². The zero-order valence-electron chi connectivity index (χ0n) is 22.9. The van der Waals surface area contributed by atoms with Crippen LogP contribution in [-0.4, -0.2) is 19.9 Å². The van der Waals surface area contributed by atoms with Crippen molar-refractivity contribution in [3.8, 4) is 0 Å². The second-order valence-electron chi connectivity index (χ2n) is 10.6. The Hall–Kier alpha value is -3.26. The van der Waals surface area contributed by atoms with Crippen LogP contribution in [0.25, 0.3) is 65.2 Å². The highest BCUT2D eigenvalue weighted by molar-refractivity contribution is 9.11. The summed E-state index contributed by atoms with van der Waals surface area (Å²) >= 11 is 10.8. The van der Waals surface area contributed by atoms with E-state index in [4.69, 9.17) is 0 Å². The summed E-state index contributed by atoms with van der Waals surface area (Å²) < 4.78 is 3.25. The van der Waals surface area contributed by atoms with Crippen LogP contribution in [0.5, 0.6) is 0 Å². The number of hydrogen-bond acceptors (Lipinski definition) is 2. The molecule has 7 heteroatoms. The summed E-state index contributed by atoms with van der Waals surface area (Å²) in [6.07, 6.45) is 7.65. The Balaban J connectivity index is 0.000000135. The fourth-order valence-corrected chi connectivity index (χ4v) is 7.99. The molecule has 0 fully saturated rings. The molecule has 4 heterocycles. The van der Waals surface area contributed by atoms with Gasteiger partial charge in [0, 0.05) is 76.0 Å². The van der Waals surface area contributed by atoms with Gasteiger partial charge in [-0.3, -0.25) is 9.97 Å². The first kappa shape index (κ1) is 26.6. The number of nitrogens with zero attached hydrogens (tertiary/aromatic N) is 2. The van der Waals surface area contributed by atoms with E-state index in [1.54, 1.807) is 0 Å². The van der Waals surface area contributed by atoms with Gasteiger partial charge in [-0.1, -0.05) is 31.9 Å². The van der Waals surface area contributed by atoms with Gasteiger partial charge in [-0.05, 0) is 119 Å². The number of rotatable bonds is 0. The van der Waals surface area contributed by atoms with Gasteiger partial charge in [-0.2, -0.15) is 0 Å². The van der Waals surface area contributed by atoms with E-state index in [2.05, 4.69) is 138 Å². The number of aromatic nitrogens is 4. The van der Waals surface area contributed by atoms with Gasteiger partial charge in [0.25, 0.3) is 0 Å². The number of benzene rings is 4. The minimum Gasteiger partial charge on any atom is -0.354 e. The average molecular weight is 729 g/mol. The van der Waals surface area contributed by atoms with Crippen molar-refractivity contribution in [1.29, 1.82) is 0 Å². The molecular formula is C34H25Br3N4. The highest BCUT2D eigenvalue weighted by atomic mass is 79.9. The summed E-state index contributed by atoms with van der Waals surface area (Å²) in [5.41, 5.74) is 9.88. The molecule has 0 aliphatic carbocycles. The maximum absolute atomic E-state index is 4.29. The summed E-state index contributed by atoms with van der Waals surface area (Å²) in [5.74, 6) is 0. The Morgan fingerprint density at radius 2 is 1.07 bits per heavy atom. The molecule has 202 valence electrons. The average Bonchev–Trinajstić information content (AvgIpc) is 3.55. The highest BCUT2D eigenvalue weighted by Crippen LogP contribution is 2.40. The number of pyridine rings is 2. The maximum atomic E-state index is 4.29. The molecule has 8 aromatic rings. The van der Waals surface area contributed by atoms with Crippen molar-refractivity contribution in [2.45, 2.75) is 27.7 Å². The van der Waals surface area contributed by atoms with Gasteiger partial charge in [-0.25, -0.2) is 0 Å². The summed E-state index contributed by atoms with van der Waals surface area (Å²) in [6, 6.07) is 14.8. The number of H-pyrrole nitrogens is 2. The van der Waals surface area contributed by atoms with Gasteiger partial charge in [0.05, 0.1) is 16.6 Å². The van der Waals surface area contributed by atoms with Crippen molar-refractivity contribution in [2.75, 3.05) is 0 Å². The SMILES string of the molecule is Cc1c2ccncc2c(C)c2c1[nH]c1c(Br)cc(Br)cc12.Cc1c2ccncc2c(C)c2c1[nH]c1ccc(Br)cc12. The minimum atomic E-state index is 1.07. The Kier molecular flexibility index (Phi) is 6.45. The van der Waals surface area contributed by atoms with Gasteiger partial charge in [0.2, 0.25) is 0 Å². The monoisotopic (exact) mass is 726 g/mol. The summed E-state index contributed by atoms with van der Waals surface area (Å²) in [7, 11) is 0. The molecule has 8 rings (SSSR count). The third-order valence-corrected chi connectivity index (χ3v) is 9.92. The standard InChI is InChI=1S/C17H12Br2N2.C17H13BrN2/c1-8-13-7-20-4-3-11(13)9(2)16-15(8)12-5-10(18)6-14(19)17(12)21-16;1-9-14-8-19-6-5-12(14)10(2)17-16(9)13-7-11(18)3-4-15(13)20-17/h3-7,21H,1-2H3;3-8,20H,1-2H3. The van der Waals surface area contributed by atoms with Crippen LogP contribution in [0.3, 0.4) is 0 Å². The second kappa shape index (κ2) is 9.93. The van der Waals surface area contributed by atoms with Gasteiger partial charge in [-0.15, -0.1) is 0 Å². The predicted molar refractivity (Wildman–Crippen MR) is 184 cm³/mol. The van der Waals surface area contributed by atoms with E-state index < -0.39 is 0 Å². The number of hydrogen-bond donors (Lipinski definition) is 2. The van der Waals surface area contributed by atoms with E-state index in [9.17, 15) is 0 Å². The number of aryl methyl sites for hydroxylation is 4. The third kappa shape index (κ3) is 4.12. The molecule has 0 saturated carbocycles. The van der Waals surface area contributed by atoms with E-state index in [-0.39, 0.29) is 0 Å². The largest absolute Gasteiger partial charge is 0.354 e. The molecule has 0 atom stereocenters. The van der Waals surface area contributed by atoms with E-state index in [0.717, 1.165) is 18.9 Å². The quantitative estimate of drug-likeness (QED) is 0.163. The number of halogens is 3. The molecule has 0 aliphatic rings. The van der Waals surface area contributed by atoms with Crippen LogP contribution in [0.15, 0.2) is 80.7 Å². The molecule has 4 nitrogen and oxygen atoms in total. The number of fused-ring (bicyclic) bond motifs is 8. The van der Waals surface area contributed by atoms with E-state index in [0.29, 0.717) is 0 Å². The Morgan fingerprint density at radius 3 is 1.71 bits per heavy atom. The summed E-state index contributed by atoms with van der Waals surface area (Å²) in [6.45, 7) is 8.70. The number of aromatic amines is 2. The van der Waals surface area contributed by atoms with Gasteiger partial charge >= 0.3 is 0 Å². The molecule has 0 radical (unpaired) electrons. The van der Waals surface area contributed by atoms with Crippen molar-refractivity contribution in [2.24, 2.45) is 0 Å². The first-order chi connectivity index (χ1) is 19.7. The molecular weight excluding hydrogens is 704 g/mol. The van der Waals surface area contributed by atoms with Crippen molar-refractivity contribution >= 4 is 113 Å². The van der Waals surface area contributed by atoms with Gasteiger partial charge in [0.1, 0.15) is 0 Å². The fourth-order valence-electron chi connectivity index (χ4n) is 6.30. The topological polar surface area (TPSA) is 57.4 Å². The second-order valence-corrected chi connectivity index (χ2v) is 13.3. The first-order valence-corrected chi connectivity index (χ1v) is 15.7. The molecule has 4 aromatic carbocycles. The smallest absolute Gasteiger partial charge is 0.0610 e. The zero-order chi connectivity index (χ0) is 28.6. The van der Waals surface area contributed by atoms with Crippen molar-refractivity contribution in [1.82, 2.24) is 19.9 Å². The van der Waals surface area contributed by atoms with Crippen molar-refractivity contribution in [3.05, 3.63) is 103 Å². The van der Waals surface area contributed by atoms with Gasteiger partial charge in [0.15, 0.2) is 0 Å². The zero-order valence-corrected chi connectivity index (χ0v) is 27.6. The lowest BCUT2D eigenvalue weighted by Gasteiger charge is -2.08. The Morgan fingerprint density at radius 1 is 0.512 bits per heavy atom. The van der Waals surface area contributed by atoms with E-state index >= 15 is 0 Å². The van der Waals surface area contributed by atoms with Gasteiger partial charge < -0.3 is 9.97 Å². The van der Waals surface area contributed by atoms with Crippen LogP contribution < -0.4 is 0 Å².